The van der Waals surface area contributed by atoms with E-state index in [1.54, 1.807) is 0 Å². The van der Waals surface area contributed by atoms with Crippen molar-refractivity contribution >= 4 is 5.96 Å². The van der Waals surface area contributed by atoms with E-state index in [0.717, 1.165) is 50.8 Å². The molecule has 5 nitrogen and oxygen atoms in total. The molecule has 0 aliphatic carbocycles. The molecule has 5 heteroatoms. The molecule has 0 heterocycles. The first-order valence-corrected chi connectivity index (χ1v) is 10.1. The van der Waals surface area contributed by atoms with Gasteiger partial charge in [-0.1, -0.05) is 42.5 Å². The Balaban J connectivity index is 1.77. The smallest absolute Gasteiger partial charge is 0.191 e. The van der Waals surface area contributed by atoms with Gasteiger partial charge in [0.25, 0.3) is 0 Å². The monoisotopic (exact) mass is 382 g/mol. The van der Waals surface area contributed by atoms with Crippen molar-refractivity contribution in [1.29, 1.82) is 0 Å². The number of aliphatic imine (C=N–C) groups is 1. The summed E-state index contributed by atoms with van der Waals surface area (Å²) >= 11 is 0. The molecule has 2 aromatic carbocycles. The van der Waals surface area contributed by atoms with Gasteiger partial charge in [-0.15, -0.1) is 0 Å². The van der Waals surface area contributed by atoms with Crippen molar-refractivity contribution < 1.29 is 4.74 Å². The summed E-state index contributed by atoms with van der Waals surface area (Å²) in [4.78, 5) is 6.85. The number of nitrogens with one attached hydrogen (secondary N) is 2. The largest absolute Gasteiger partial charge is 0.494 e. The summed E-state index contributed by atoms with van der Waals surface area (Å²) in [5.74, 6) is 1.77. The van der Waals surface area contributed by atoms with Crippen LogP contribution in [0.1, 0.15) is 24.5 Å². The molecule has 0 unspecified atom stereocenters. The van der Waals surface area contributed by atoms with E-state index >= 15 is 0 Å². The lowest BCUT2D eigenvalue weighted by Gasteiger charge is -2.12. The molecule has 0 amide bonds. The van der Waals surface area contributed by atoms with Crippen LogP contribution >= 0.6 is 0 Å². The van der Waals surface area contributed by atoms with Crippen LogP contribution < -0.4 is 15.4 Å². The predicted octanol–water partition coefficient (Wildman–Crippen LogP) is 3.31. The van der Waals surface area contributed by atoms with Gasteiger partial charge in [-0.05, 0) is 57.1 Å². The minimum Gasteiger partial charge on any atom is -0.494 e. The highest BCUT2D eigenvalue weighted by Crippen LogP contribution is 2.13. The molecule has 0 spiro atoms. The molecule has 28 heavy (non-hydrogen) atoms. The van der Waals surface area contributed by atoms with Gasteiger partial charge in [0.2, 0.25) is 0 Å². The van der Waals surface area contributed by atoms with Gasteiger partial charge in [-0.3, -0.25) is 0 Å². The molecule has 2 N–H and O–H groups in total. The zero-order chi connectivity index (χ0) is 20.0. The van der Waals surface area contributed by atoms with E-state index in [9.17, 15) is 0 Å². The molecule has 0 atom stereocenters. The summed E-state index contributed by atoms with van der Waals surface area (Å²) in [6.07, 6.45) is 2.00. The minimum absolute atomic E-state index is 0.640. The third kappa shape index (κ3) is 8.91. The Morgan fingerprint density at radius 1 is 0.964 bits per heavy atom. The Morgan fingerprint density at radius 2 is 1.71 bits per heavy atom. The van der Waals surface area contributed by atoms with Crippen LogP contribution in [0.3, 0.4) is 0 Å². The summed E-state index contributed by atoms with van der Waals surface area (Å²) in [7, 11) is 4.15. The molecule has 0 fully saturated rings. The van der Waals surface area contributed by atoms with Gasteiger partial charge in [0.1, 0.15) is 5.75 Å². The van der Waals surface area contributed by atoms with Crippen LogP contribution in [0.4, 0.5) is 0 Å². The normalized spacial score (nSPS) is 11.5. The SMILES string of the molecule is CCNC(=NCc1ccc(OCCCN(C)C)cc1)NCCc1ccccc1. The fourth-order valence-corrected chi connectivity index (χ4v) is 2.74. The van der Waals surface area contributed by atoms with Gasteiger partial charge < -0.3 is 20.3 Å². The van der Waals surface area contributed by atoms with Crippen molar-refractivity contribution in [1.82, 2.24) is 15.5 Å². The minimum atomic E-state index is 0.640. The van der Waals surface area contributed by atoms with Crippen molar-refractivity contribution in [2.24, 2.45) is 4.99 Å². The molecule has 2 rings (SSSR count). The zero-order valence-electron chi connectivity index (χ0n) is 17.4. The van der Waals surface area contributed by atoms with E-state index in [0.29, 0.717) is 6.54 Å². The maximum atomic E-state index is 5.78. The Bertz CT molecular complexity index is 684. The standard InChI is InChI=1S/C23H34N4O/c1-4-24-23(25-16-15-20-9-6-5-7-10-20)26-19-21-11-13-22(14-12-21)28-18-8-17-27(2)3/h5-7,9-14H,4,8,15-19H2,1-3H3,(H2,24,25,26). The van der Waals surface area contributed by atoms with Gasteiger partial charge in [0.15, 0.2) is 5.96 Å². The highest BCUT2D eigenvalue weighted by atomic mass is 16.5. The molecule has 0 saturated heterocycles. The lowest BCUT2D eigenvalue weighted by atomic mass is 10.1. The number of guanidine groups is 1. The molecular weight excluding hydrogens is 348 g/mol. The molecule has 0 aliphatic heterocycles. The molecular formula is C23H34N4O. The van der Waals surface area contributed by atoms with Gasteiger partial charge >= 0.3 is 0 Å². The maximum Gasteiger partial charge on any atom is 0.191 e. The second kappa shape index (κ2) is 12.8. The summed E-state index contributed by atoms with van der Waals surface area (Å²) in [6.45, 7) is 6.20. The maximum absolute atomic E-state index is 5.78. The van der Waals surface area contributed by atoms with Gasteiger partial charge in [-0.2, -0.15) is 0 Å². The third-order valence-corrected chi connectivity index (χ3v) is 4.25. The highest BCUT2D eigenvalue weighted by Gasteiger charge is 2.00. The fraction of sp³-hybridized carbons (Fsp3) is 0.435. The average Bonchev–Trinajstić information content (AvgIpc) is 2.71. The lowest BCUT2D eigenvalue weighted by Crippen LogP contribution is -2.38. The van der Waals surface area contributed by atoms with Gasteiger partial charge in [0, 0.05) is 19.6 Å². The predicted molar refractivity (Wildman–Crippen MR) is 118 cm³/mol. The first-order chi connectivity index (χ1) is 13.7. The average molecular weight is 383 g/mol. The van der Waals surface area contributed by atoms with Gasteiger partial charge in [-0.25, -0.2) is 4.99 Å². The van der Waals surface area contributed by atoms with E-state index in [4.69, 9.17) is 4.74 Å². The van der Waals surface area contributed by atoms with Gasteiger partial charge in [0.05, 0.1) is 13.2 Å². The molecule has 152 valence electrons. The number of benzene rings is 2. The van der Waals surface area contributed by atoms with E-state index in [1.807, 2.05) is 18.2 Å². The van der Waals surface area contributed by atoms with Crippen LogP contribution in [0, 0.1) is 0 Å². The summed E-state index contributed by atoms with van der Waals surface area (Å²) in [5.41, 5.74) is 2.49. The van der Waals surface area contributed by atoms with Crippen molar-refractivity contribution in [3.05, 3.63) is 65.7 Å². The van der Waals surface area contributed by atoms with Crippen LogP contribution in [0.25, 0.3) is 0 Å². The van der Waals surface area contributed by atoms with Crippen molar-refractivity contribution in [3.8, 4) is 5.75 Å². The third-order valence-electron chi connectivity index (χ3n) is 4.25. The lowest BCUT2D eigenvalue weighted by molar-refractivity contribution is 0.281. The second-order valence-corrected chi connectivity index (χ2v) is 7.01. The van der Waals surface area contributed by atoms with Crippen LogP contribution in [0.2, 0.25) is 0 Å². The fourth-order valence-electron chi connectivity index (χ4n) is 2.74. The number of hydrogen-bond donors (Lipinski definition) is 2. The van der Waals surface area contributed by atoms with Crippen LogP contribution in [0.15, 0.2) is 59.6 Å². The van der Waals surface area contributed by atoms with Crippen LogP contribution in [-0.4, -0.2) is 51.2 Å². The van der Waals surface area contributed by atoms with E-state index in [2.05, 4.69) is 77.9 Å². The summed E-state index contributed by atoms with van der Waals surface area (Å²) < 4.78 is 5.78. The Morgan fingerprint density at radius 3 is 2.39 bits per heavy atom. The molecule has 0 radical (unpaired) electrons. The van der Waals surface area contributed by atoms with E-state index < -0.39 is 0 Å². The summed E-state index contributed by atoms with van der Waals surface area (Å²) in [6, 6.07) is 18.7. The molecule has 2 aromatic rings. The van der Waals surface area contributed by atoms with Crippen molar-refractivity contribution in [2.75, 3.05) is 40.3 Å². The molecule has 0 aromatic heterocycles. The first-order valence-electron chi connectivity index (χ1n) is 10.1. The second-order valence-electron chi connectivity index (χ2n) is 7.01. The number of ether oxygens (including phenoxy) is 1. The number of rotatable bonds is 11. The molecule has 0 aliphatic rings. The Kier molecular flexibility index (Phi) is 9.94. The molecule has 0 saturated carbocycles. The highest BCUT2D eigenvalue weighted by molar-refractivity contribution is 5.79. The van der Waals surface area contributed by atoms with Crippen molar-refractivity contribution in [3.63, 3.8) is 0 Å². The molecule has 0 bridgehead atoms. The first kappa shape index (κ1) is 21.8. The zero-order valence-corrected chi connectivity index (χ0v) is 17.4. The summed E-state index contributed by atoms with van der Waals surface area (Å²) in [5, 5.41) is 6.71. The quantitative estimate of drug-likeness (QED) is 0.356. The Labute approximate surface area is 169 Å². The number of nitrogens with zero attached hydrogens (tertiary/aromatic N) is 2. The van der Waals surface area contributed by atoms with Crippen LogP contribution in [0.5, 0.6) is 5.75 Å². The van der Waals surface area contributed by atoms with Crippen molar-refractivity contribution in [2.45, 2.75) is 26.3 Å². The van der Waals surface area contributed by atoms with Crippen LogP contribution in [-0.2, 0) is 13.0 Å². The van der Waals surface area contributed by atoms with E-state index in [-0.39, 0.29) is 0 Å². The van der Waals surface area contributed by atoms with E-state index in [1.165, 1.54) is 11.1 Å². The number of hydrogen-bond acceptors (Lipinski definition) is 3. The Hall–Kier alpha value is -2.53. The topological polar surface area (TPSA) is 48.9 Å².